The van der Waals surface area contributed by atoms with Gasteiger partial charge in [-0.05, 0) is 48.7 Å². The van der Waals surface area contributed by atoms with Crippen LogP contribution >= 0.6 is 34.8 Å². The molecular formula is C28H29Cl3N2O3. The van der Waals surface area contributed by atoms with Crippen LogP contribution < -0.4 is 10.1 Å². The van der Waals surface area contributed by atoms with E-state index in [-0.39, 0.29) is 31.0 Å². The van der Waals surface area contributed by atoms with Crippen molar-refractivity contribution in [3.05, 3.63) is 99.0 Å². The Bertz CT molecular complexity index is 1170. The highest BCUT2D eigenvalue weighted by Crippen LogP contribution is 2.26. The van der Waals surface area contributed by atoms with Crippen molar-refractivity contribution in [2.75, 3.05) is 6.61 Å². The van der Waals surface area contributed by atoms with Gasteiger partial charge in [-0.15, -0.1) is 0 Å². The molecule has 0 unspecified atom stereocenters. The second kappa shape index (κ2) is 13.5. The van der Waals surface area contributed by atoms with Gasteiger partial charge in [0.1, 0.15) is 11.8 Å². The van der Waals surface area contributed by atoms with Crippen LogP contribution in [0.25, 0.3) is 0 Å². The second-order valence-electron chi connectivity index (χ2n) is 8.50. The van der Waals surface area contributed by atoms with Crippen molar-refractivity contribution in [2.45, 2.75) is 45.3 Å². The molecule has 0 bridgehead atoms. The summed E-state index contributed by atoms with van der Waals surface area (Å²) in [5.74, 6) is -0.230. The van der Waals surface area contributed by atoms with E-state index in [0.717, 1.165) is 12.0 Å². The fourth-order valence-electron chi connectivity index (χ4n) is 3.61. The molecule has 8 heteroatoms. The van der Waals surface area contributed by atoms with E-state index in [9.17, 15) is 9.59 Å². The van der Waals surface area contributed by atoms with E-state index in [0.29, 0.717) is 32.8 Å². The summed E-state index contributed by atoms with van der Waals surface area (Å²) in [5.41, 5.74) is 1.59. The van der Waals surface area contributed by atoms with Crippen molar-refractivity contribution in [3.8, 4) is 5.75 Å². The first-order valence-corrected chi connectivity index (χ1v) is 12.9. The molecule has 0 fully saturated rings. The van der Waals surface area contributed by atoms with E-state index in [1.54, 1.807) is 42.5 Å². The summed E-state index contributed by atoms with van der Waals surface area (Å²) in [5, 5.41) is 4.32. The van der Waals surface area contributed by atoms with E-state index in [1.807, 2.05) is 44.2 Å². The number of carbonyl (C=O) groups excluding carboxylic acids is 2. The fourth-order valence-corrected chi connectivity index (χ4v) is 4.27. The molecule has 2 atom stereocenters. The summed E-state index contributed by atoms with van der Waals surface area (Å²) in [6.07, 6.45) is 1.09. The smallest absolute Gasteiger partial charge is 0.261 e. The number of halogens is 3. The number of ether oxygens (including phenoxy) is 1. The first-order valence-electron chi connectivity index (χ1n) is 11.7. The highest BCUT2D eigenvalue weighted by Gasteiger charge is 2.31. The molecule has 190 valence electrons. The minimum atomic E-state index is -0.796. The number of nitrogens with zero attached hydrogens (tertiary/aromatic N) is 1. The van der Waals surface area contributed by atoms with Crippen molar-refractivity contribution < 1.29 is 14.3 Å². The van der Waals surface area contributed by atoms with Crippen LogP contribution in [0.15, 0.2) is 72.8 Å². The van der Waals surface area contributed by atoms with Gasteiger partial charge < -0.3 is 15.0 Å². The molecule has 0 aliphatic heterocycles. The highest BCUT2D eigenvalue weighted by atomic mass is 35.5. The van der Waals surface area contributed by atoms with Gasteiger partial charge in [0.05, 0.1) is 5.02 Å². The third kappa shape index (κ3) is 7.89. The minimum absolute atomic E-state index is 0.0498. The molecule has 3 rings (SSSR count). The monoisotopic (exact) mass is 546 g/mol. The van der Waals surface area contributed by atoms with Gasteiger partial charge in [-0.25, -0.2) is 0 Å². The summed E-state index contributed by atoms with van der Waals surface area (Å²) in [7, 11) is 0. The van der Waals surface area contributed by atoms with Crippen LogP contribution in [0.2, 0.25) is 15.1 Å². The van der Waals surface area contributed by atoms with Gasteiger partial charge in [0.25, 0.3) is 5.91 Å². The minimum Gasteiger partial charge on any atom is -0.482 e. The Morgan fingerprint density at radius 2 is 1.64 bits per heavy atom. The summed E-state index contributed by atoms with van der Waals surface area (Å²) in [4.78, 5) is 28.6. The molecular weight excluding hydrogens is 519 g/mol. The maximum atomic E-state index is 13.6. The second-order valence-corrected chi connectivity index (χ2v) is 9.75. The SMILES string of the molecule is CC[C@@H](C)NC(=O)[C@H](Cc1ccccc1)N(Cc1ccc(Cl)cc1Cl)C(=O)COc1ccccc1Cl. The van der Waals surface area contributed by atoms with Crippen molar-refractivity contribution >= 4 is 46.6 Å². The largest absolute Gasteiger partial charge is 0.482 e. The van der Waals surface area contributed by atoms with Crippen molar-refractivity contribution in [1.29, 1.82) is 0 Å². The van der Waals surface area contributed by atoms with Crippen molar-refractivity contribution in [3.63, 3.8) is 0 Å². The number of nitrogens with one attached hydrogen (secondary N) is 1. The molecule has 0 aliphatic carbocycles. The Kier molecular flexibility index (Phi) is 10.5. The fraction of sp³-hybridized carbons (Fsp3) is 0.286. The summed E-state index contributed by atoms with van der Waals surface area (Å²) >= 11 is 18.7. The van der Waals surface area contributed by atoms with E-state index in [4.69, 9.17) is 39.5 Å². The topological polar surface area (TPSA) is 58.6 Å². The Balaban J connectivity index is 1.95. The molecule has 2 amide bonds. The van der Waals surface area contributed by atoms with Crippen LogP contribution in [0.5, 0.6) is 5.75 Å². The molecule has 0 aliphatic rings. The molecule has 0 heterocycles. The number of hydrogen-bond acceptors (Lipinski definition) is 3. The number of amides is 2. The van der Waals surface area contributed by atoms with Gasteiger partial charge in [0, 0.05) is 29.1 Å². The van der Waals surface area contributed by atoms with E-state index < -0.39 is 6.04 Å². The standard InChI is InChI=1S/C28H29Cl3N2O3/c1-3-19(2)32-28(35)25(15-20-9-5-4-6-10-20)33(17-21-13-14-22(29)16-24(21)31)27(34)18-36-26-12-8-7-11-23(26)30/h4-14,16,19,25H,3,15,17-18H2,1-2H3,(H,32,35)/t19-,25+/m1/s1. The van der Waals surface area contributed by atoms with Crippen LogP contribution in [0.1, 0.15) is 31.4 Å². The van der Waals surface area contributed by atoms with Crippen LogP contribution in [0.3, 0.4) is 0 Å². The highest BCUT2D eigenvalue weighted by molar-refractivity contribution is 6.35. The molecule has 0 saturated heterocycles. The lowest BCUT2D eigenvalue weighted by atomic mass is 10.0. The van der Waals surface area contributed by atoms with Crippen molar-refractivity contribution in [1.82, 2.24) is 10.2 Å². The molecule has 0 spiro atoms. The maximum Gasteiger partial charge on any atom is 0.261 e. The first-order chi connectivity index (χ1) is 17.3. The number of rotatable bonds is 11. The average molecular weight is 548 g/mol. The molecule has 0 saturated carbocycles. The number of para-hydroxylation sites is 1. The van der Waals surface area contributed by atoms with Gasteiger partial charge in [0.2, 0.25) is 5.91 Å². The Labute approximate surface area is 227 Å². The predicted octanol–water partition coefficient (Wildman–Crippen LogP) is 6.58. The third-order valence-electron chi connectivity index (χ3n) is 5.82. The Hall–Kier alpha value is -2.73. The predicted molar refractivity (Wildman–Crippen MR) is 146 cm³/mol. The van der Waals surface area contributed by atoms with E-state index >= 15 is 0 Å². The number of carbonyl (C=O) groups is 2. The lowest BCUT2D eigenvalue weighted by molar-refractivity contribution is -0.143. The maximum absolute atomic E-state index is 13.6. The van der Waals surface area contributed by atoms with Gasteiger partial charge in [-0.3, -0.25) is 9.59 Å². The zero-order valence-corrected chi connectivity index (χ0v) is 22.5. The quantitative estimate of drug-likeness (QED) is 0.295. The Morgan fingerprint density at radius 3 is 2.31 bits per heavy atom. The van der Waals surface area contributed by atoms with Crippen LogP contribution in [-0.4, -0.2) is 35.4 Å². The molecule has 36 heavy (non-hydrogen) atoms. The summed E-state index contributed by atoms with van der Waals surface area (Å²) < 4.78 is 5.74. The van der Waals surface area contributed by atoms with Gasteiger partial charge >= 0.3 is 0 Å². The van der Waals surface area contributed by atoms with Crippen LogP contribution in [-0.2, 0) is 22.6 Å². The zero-order chi connectivity index (χ0) is 26.1. The lowest BCUT2D eigenvalue weighted by Gasteiger charge is -2.32. The molecule has 0 aromatic heterocycles. The molecule has 3 aromatic rings. The average Bonchev–Trinajstić information content (AvgIpc) is 2.87. The molecule has 0 radical (unpaired) electrons. The molecule has 3 aromatic carbocycles. The lowest BCUT2D eigenvalue weighted by Crippen LogP contribution is -2.53. The van der Waals surface area contributed by atoms with E-state index in [1.165, 1.54) is 4.90 Å². The summed E-state index contributed by atoms with van der Waals surface area (Å²) in [6.45, 7) is 3.73. The zero-order valence-electron chi connectivity index (χ0n) is 20.2. The van der Waals surface area contributed by atoms with E-state index in [2.05, 4.69) is 5.32 Å². The van der Waals surface area contributed by atoms with Gasteiger partial charge in [-0.2, -0.15) is 0 Å². The summed E-state index contributed by atoms with van der Waals surface area (Å²) in [6, 6.07) is 20.7. The number of benzene rings is 3. The number of hydrogen-bond donors (Lipinski definition) is 1. The third-order valence-corrected chi connectivity index (χ3v) is 6.71. The first kappa shape index (κ1) is 27.9. The van der Waals surface area contributed by atoms with Gasteiger partial charge in [-0.1, -0.05) is 90.3 Å². The molecule has 1 N–H and O–H groups in total. The van der Waals surface area contributed by atoms with Gasteiger partial charge in [0.15, 0.2) is 6.61 Å². The Morgan fingerprint density at radius 1 is 0.944 bits per heavy atom. The van der Waals surface area contributed by atoms with Crippen molar-refractivity contribution in [2.24, 2.45) is 0 Å². The molecule has 5 nitrogen and oxygen atoms in total. The van der Waals surface area contributed by atoms with Crippen LogP contribution in [0, 0.1) is 0 Å². The van der Waals surface area contributed by atoms with Crippen LogP contribution in [0.4, 0.5) is 0 Å². The normalized spacial score (nSPS) is 12.5.